The van der Waals surface area contributed by atoms with Crippen molar-refractivity contribution in [1.29, 1.82) is 0 Å². The normalized spacial score (nSPS) is 27.8. The molecule has 15 heavy (non-hydrogen) atoms. The van der Waals surface area contributed by atoms with Gasteiger partial charge in [0.25, 0.3) is 0 Å². The van der Waals surface area contributed by atoms with Crippen LogP contribution in [0.15, 0.2) is 22.7 Å². The first kappa shape index (κ1) is 11.2. The SMILES string of the molecule is Cc1cc(Br)ccc1C1(CN)CC1(C)C. The summed E-state index contributed by atoms with van der Waals surface area (Å²) in [6, 6.07) is 6.52. The molecule has 0 heterocycles. The van der Waals surface area contributed by atoms with Crippen LogP contribution < -0.4 is 5.73 Å². The third kappa shape index (κ3) is 1.55. The third-order valence-corrected chi connectivity index (χ3v) is 4.46. The fourth-order valence-corrected chi connectivity index (χ4v) is 3.27. The van der Waals surface area contributed by atoms with E-state index in [1.54, 1.807) is 0 Å². The predicted molar refractivity (Wildman–Crippen MR) is 68.0 cm³/mol. The minimum absolute atomic E-state index is 0.220. The topological polar surface area (TPSA) is 26.0 Å². The molecule has 82 valence electrons. The molecule has 0 amide bonds. The highest BCUT2D eigenvalue weighted by Crippen LogP contribution is 2.64. The van der Waals surface area contributed by atoms with E-state index in [4.69, 9.17) is 5.73 Å². The fraction of sp³-hybridized carbons (Fsp3) is 0.538. The first-order chi connectivity index (χ1) is 6.93. The van der Waals surface area contributed by atoms with Gasteiger partial charge < -0.3 is 5.73 Å². The smallest absolute Gasteiger partial charge is 0.0178 e. The Hall–Kier alpha value is -0.340. The molecule has 1 aromatic rings. The summed E-state index contributed by atoms with van der Waals surface area (Å²) < 4.78 is 1.15. The van der Waals surface area contributed by atoms with Gasteiger partial charge in [0.2, 0.25) is 0 Å². The van der Waals surface area contributed by atoms with Crippen molar-refractivity contribution in [3.63, 3.8) is 0 Å². The molecular weight excluding hydrogens is 250 g/mol. The maximum Gasteiger partial charge on any atom is 0.0178 e. The molecule has 2 heteroatoms. The lowest BCUT2D eigenvalue weighted by molar-refractivity contribution is 0.501. The Labute approximate surface area is 100 Å². The van der Waals surface area contributed by atoms with Crippen molar-refractivity contribution in [2.45, 2.75) is 32.6 Å². The maximum absolute atomic E-state index is 5.97. The molecule has 0 aromatic heterocycles. The summed E-state index contributed by atoms with van der Waals surface area (Å²) in [6.45, 7) is 7.54. The second-order valence-corrected chi connectivity index (χ2v) is 6.22. The monoisotopic (exact) mass is 267 g/mol. The van der Waals surface area contributed by atoms with E-state index in [1.165, 1.54) is 17.5 Å². The van der Waals surface area contributed by atoms with Crippen molar-refractivity contribution in [3.05, 3.63) is 33.8 Å². The van der Waals surface area contributed by atoms with Gasteiger partial charge in [-0.3, -0.25) is 0 Å². The summed E-state index contributed by atoms with van der Waals surface area (Å²) >= 11 is 3.50. The van der Waals surface area contributed by atoms with Crippen LogP contribution in [0.5, 0.6) is 0 Å². The second-order valence-electron chi connectivity index (χ2n) is 5.31. The van der Waals surface area contributed by atoms with Crippen LogP contribution in [0.3, 0.4) is 0 Å². The van der Waals surface area contributed by atoms with Crippen molar-refractivity contribution < 1.29 is 0 Å². The van der Waals surface area contributed by atoms with Crippen LogP contribution in [0.1, 0.15) is 31.4 Å². The summed E-state index contributed by atoms with van der Waals surface area (Å²) in [6.07, 6.45) is 1.21. The quantitative estimate of drug-likeness (QED) is 0.874. The summed E-state index contributed by atoms with van der Waals surface area (Å²) in [5.41, 5.74) is 9.33. The standard InChI is InChI=1S/C13H18BrN/c1-9-6-10(14)4-5-11(9)13(8-15)7-12(13,2)3/h4-6H,7-8,15H2,1-3H3. The van der Waals surface area contributed by atoms with Crippen LogP contribution in [0.4, 0.5) is 0 Å². The van der Waals surface area contributed by atoms with E-state index in [9.17, 15) is 0 Å². The van der Waals surface area contributed by atoms with Gasteiger partial charge >= 0.3 is 0 Å². The van der Waals surface area contributed by atoms with Gasteiger partial charge in [-0.05, 0) is 42.0 Å². The van der Waals surface area contributed by atoms with Crippen LogP contribution in [0, 0.1) is 12.3 Å². The minimum Gasteiger partial charge on any atom is -0.330 e. The van der Waals surface area contributed by atoms with Gasteiger partial charge in [0.1, 0.15) is 0 Å². The van der Waals surface area contributed by atoms with Gasteiger partial charge in [-0.25, -0.2) is 0 Å². The Morgan fingerprint density at radius 3 is 2.40 bits per heavy atom. The summed E-state index contributed by atoms with van der Waals surface area (Å²) in [4.78, 5) is 0. The molecule has 1 unspecified atom stereocenters. The van der Waals surface area contributed by atoms with Crippen LogP contribution in [-0.4, -0.2) is 6.54 Å². The van der Waals surface area contributed by atoms with Gasteiger partial charge in [0.05, 0.1) is 0 Å². The lowest BCUT2D eigenvalue weighted by Crippen LogP contribution is -2.26. The van der Waals surface area contributed by atoms with Gasteiger partial charge in [-0.1, -0.05) is 35.8 Å². The van der Waals surface area contributed by atoms with Crippen molar-refractivity contribution >= 4 is 15.9 Å². The molecule has 1 aromatic carbocycles. The van der Waals surface area contributed by atoms with E-state index in [0.29, 0.717) is 5.41 Å². The zero-order chi connectivity index (χ0) is 11.3. The lowest BCUT2D eigenvalue weighted by Gasteiger charge is -2.21. The van der Waals surface area contributed by atoms with E-state index >= 15 is 0 Å². The zero-order valence-electron chi connectivity index (χ0n) is 9.60. The van der Waals surface area contributed by atoms with Crippen LogP contribution in [0.2, 0.25) is 0 Å². The number of hydrogen-bond donors (Lipinski definition) is 1. The lowest BCUT2D eigenvalue weighted by atomic mass is 9.85. The van der Waals surface area contributed by atoms with Crippen molar-refractivity contribution in [3.8, 4) is 0 Å². The van der Waals surface area contributed by atoms with Gasteiger partial charge in [-0.15, -0.1) is 0 Å². The molecule has 1 fully saturated rings. The molecule has 1 nitrogen and oxygen atoms in total. The van der Waals surface area contributed by atoms with E-state index in [0.717, 1.165) is 11.0 Å². The van der Waals surface area contributed by atoms with Gasteiger partial charge in [0.15, 0.2) is 0 Å². The number of hydrogen-bond acceptors (Lipinski definition) is 1. The van der Waals surface area contributed by atoms with E-state index in [2.05, 4.69) is 54.9 Å². The Kier molecular flexibility index (Phi) is 2.47. The second kappa shape index (κ2) is 3.33. The molecule has 2 N–H and O–H groups in total. The average molecular weight is 268 g/mol. The first-order valence-corrected chi connectivity index (χ1v) is 6.19. The van der Waals surface area contributed by atoms with Crippen LogP contribution in [0.25, 0.3) is 0 Å². The van der Waals surface area contributed by atoms with Crippen molar-refractivity contribution in [2.75, 3.05) is 6.54 Å². The minimum atomic E-state index is 0.220. The van der Waals surface area contributed by atoms with E-state index < -0.39 is 0 Å². The highest BCUT2D eigenvalue weighted by atomic mass is 79.9. The molecule has 1 atom stereocenters. The Bertz CT molecular complexity index is 398. The number of benzene rings is 1. The highest BCUT2D eigenvalue weighted by molar-refractivity contribution is 9.10. The van der Waals surface area contributed by atoms with Crippen LogP contribution >= 0.6 is 15.9 Å². The molecule has 0 radical (unpaired) electrons. The summed E-state index contributed by atoms with van der Waals surface area (Å²) in [5, 5.41) is 0. The highest BCUT2D eigenvalue weighted by Gasteiger charge is 2.61. The van der Waals surface area contributed by atoms with Crippen molar-refractivity contribution in [1.82, 2.24) is 0 Å². The van der Waals surface area contributed by atoms with E-state index in [-0.39, 0.29) is 5.41 Å². The molecule has 1 aliphatic rings. The number of aryl methyl sites for hydroxylation is 1. The average Bonchev–Trinajstić information content (AvgIpc) is 2.69. The number of rotatable bonds is 2. The molecule has 0 aliphatic heterocycles. The molecule has 1 saturated carbocycles. The molecule has 0 bridgehead atoms. The first-order valence-electron chi connectivity index (χ1n) is 5.40. The number of halogens is 1. The molecule has 1 aliphatic carbocycles. The molecule has 0 saturated heterocycles. The Balaban J connectivity index is 2.46. The molecular formula is C13H18BrN. The third-order valence-electron chi connectivity index (χ3n) is 3.97. The summed E-state index contributed by atoms with van der Waals surface area (Å²) in [7, 11) is 0. The number of nitrogens with two attached hydrogens (primary N) is 1. The van der Waals surface area contributed by atoms with Gasteiger partial charge in [-0.2, -0.15) is 0 Å². The fourth-order valence-electron chi connectivity index (χ4n) is 2.79. The van der Waals surface area contributed by atoms with Crippen LogP contribution in [-0.2, 0) is 5.41 Å². The largest absolute Gasteiger partial charge is 0.330 e. The predicted octanol–water partition coefficient (Wildman–Crippen LogP) is 3.38. The van der Waals surface area contributed by atoms with E-state index in [1.807, 2.05) is 0 Å². The summed E-state index contributed by atoms with van der Waals surface area (Å²) in [5.74, 6) is 0. The maximum atomic E-state index is 5.97. The van der Waals surface area contributed by atoms with Crippen molar-refractivity contribution in [2.24, 2.45) is 11.1 Å². The molecule has 2 rings (SSSR count). The Morgan fingerprint density at radius 2 is 2.00 bits per heavy atom. The zero-order valence-corrected chi connectivity index (χ0v) is 11.2. The van der Waals surface area contributed by atoms with Gasteiger partial charge in [0, 0.05) is 16.4 Å². The molecule has 0 spiro atoms. The Morgan fingerprint density at radius 1 is 1.40 bits per heavy atom.